The van der Waals surface area contributed by atoms with Gasteiger partial charge in [-0.2, -0.15) is 0 Å². The van der Waals surface area contributed by atoms with E-state index >= 15 is 0 Å². The number of pyridine rings is 1. The quantitative estimate of drug-likeness (QED) is 0.730. The summed E-state index contributed by atoms with van der Waals surface area (Å²) in [5.74, 6) is 0. The van der Waals surface area contributed by atoms with Crippen molar-refractivity contribution in [3.63, 3.8) is 0 Å². The first-order valence-corrected chi connectivity index (χ1v) is 8.97. The Kier molecular flexibility index (Phi) is 4.27. The minimum atomic E-state index is 0.761. The van der Waals surface area contributed by atoms with Crippen molar-refractivity contribution in [3.8, 4) is 11.3 Å². The molecule has 4 nitrogen and oxygen atoms in total. The maximum atomic E-state index is 6.06. The molecule has 0 bridgehead atoms. The zero-order valence-electron chi connectivity index (χ0n) is 13.9. The van der Waals surface area contributed by atoms with Crippen LogP contribution in [0, 0.1) is 6.92 Å². The Morgan fingerprint density at radius 3 is 2.62 bits per heavy atom. The fourth-order valence-corrected chi connectivity index (χ4v) is 3.63. The highest BCUT2D eigenvalue weighted by Gasteiger charge is 2.22. The Morgan fingerprint density at radius 2 is 1.88 bits per heavy atom. The lowest BCUT2D eigenvalue weighted by molar-refractivity contribution is -0.958. The van der Waals surface area contributed by atoms with Crippen LogP contribution in [0.2, 0.25) is 5.02 Å². The summed E-state index contributed by atoms with van der Waals surface area (Å²) in [5, 5.41) is 3.17. The van der Waals surface area contributed by atoms with Gasteiger partial charge in [-0.25, -0.2) is 4.98 Å². The third-order valence-corrected chi connectivity index (χ3v) is 5.06. The second-order valence-electron chi connectivity index (χ2n) is 6.64. The van der Waals surface area contributed by atoms with E-state index in [0.717, 1.165) is 28.5 Å². The molecule has 4 rings (SSSR count). The summed E-state index contributed by atoms with van der Waals surface area (Å²) in [5.41, 5.74) is 5.79. The highest BCUT2D eigenvalue weighted by molar-refractivity contribution is 6.30. The summed E-state index contributed by atoms with van der Waals surface area (Å²) in [6.07, 6.45) is 2.20. The van der Waals surface area contributed by atoms with Crippen molar-refractivity contribution in [1.82, 2.24) is 9.38 Å². The highest BCUT2D eigenvalue weighted by Crippen LogP contribution is 2.25. The Hall–Kier alpha value is -1.88. The zero-order valence-corrected chi connectivity index (χ0v) is 14.7. The van der Waals surface area contributed by atoms with Crippen LogP contribution in [0.5, 0.6) is 0 Å². The van der Waals surface area contributed by atoms with Gasteiger partial charge in [-0.1, -0.05) is 29.8 Å². The largest absolute Gasteiger partial charge is 0.337 e. The molecule has 3 N–H and O–H groups in total. The van der Waals surface area contributed by atoms with Crippen molar-refractivity contribution in [1.29, 1.82) is 0 Å². The summed E-state index contributed by atoms with van der Waals surface area (Å²) in [6.45, 7) is 7.98. The number of piperazine rings is 1. The van der Waals surface area contributed by atoms with E-state index in [0.29, 0.717) is 0 Å². The number of hydrogen-bond donors (Lipinski definition) is 2. The minimum Gasteiger partial charge on any atom is -0.337 e. The average Bonchev–Trinajstić information content (AvgIpc) is 2.94. The van der Waals surface area contributed by atoms with Crippen LogP contribution < -0.4 is 10.2 Å². The first kappa shape index (κ1) is 15.6. The van der Waals surface area contributed by atoms with Crippen molar-refractivity contribution in [2.45, 2.75) is 13.5 Å². The van der Waals surface area contributed by atoms with E-state index in [9.17, 15) is 0 Å². The van der Waals surface area contributed by atoms with Crippen LogP contribution in [0.3, 0.4) is 0 Å². The van der Waals surface area contributed by atoms with Crippen molar-refractivity contribution < 1.29 is 10.2 Å². The van der Waals surface area contributed by atoms with Crippen LogP contribution in [0.4, 0.5) is 0 Å². The van der Waals surface area contributed by atoms with Crippen molar-refractivity contribution >= 4 is 17.2 Å². The number of quaternary nitrogens is 2. The molecular formula is C19H23ClN4+2. The Bertz CT molecular complexity index is 848. The predicted octanol–water partition coefficient (Wildman–Crippen LogP) is 0.925. The molecule has 3 aromatic rings. The SMILES string of the molecule is Cc1ccc2nc(-c3ccc(Cl)cc3)c(C[NH+]3CC[NH2+]CC3)n2c1. The third-order valence-electron chi connectivity index (χ3n) is 4.80. The van der Waals surface area contributed by atoms with Crippen LogP contribution in [-0.4, -0.2) is 35.6 Å². The van der Waals surface area contributed by atoms with Gasteiger partial charge in [0.25, 0.3) is 0 Å². The molecule has 3 heterocycles. The topological polar surface area (TPSA) is 38.3 Å². The van der Waals surface area contributed by atoms with Gasteiger partial charge in [-0.3, -0.25) is 4.40 Å². The van der Waals surface area contributed by atoms with Gasteiger partial charge in [0.15, 0.2) is 0 Å². The molecule has 2 aromatic heterocycles. The molecule has 24 heavy (non-hydrogen) atoms. The lowest BCUT2D eigenvalue weighted by atomic mass is 10.1. The number of fused-ring (bicyclic) bond motifs is 1. The second-order valence-corrected chi connectivity index (χ2v) is 7.08. The Morgan fingerprint density at radius 1 is 1.12 bits per heavy atom. The number of hydrogen-bond acceptors (Lipinski definition) is 1. The number of imidazole rings is 1. The normalized spacial score (nSPS) is 15.9. The molecule has 1 saturated heterocycles. The smallest absolute Gasteiger partial charge is 0.137 e. The summed E-state index contributed by atoms with van der Waals surface area (Å²) in [6, 6.07) is 12.3. The van der Waals surface area contributed by atoms with Crippen LogP contribution in [0.25, 0.3) is 16.9 Å². The molecule has 5 heteroatoms. The number of rotatable bonds is 3. The molecule has 1 aliphatic rings. The number of benzene rings is 1. The molecule has 124 valence electrons. The molecular weight excluding hydrogens is 320 g/mol. The lowest BCUT2D eigenvalue weighted by Crippen LogP contribution is -3.19. The number of nitrogens with one attached hydrogen (secondary N) is 1. The van der Waals surface area contributed by atoms with E-state index in [1.54, 1.807) is 4.90 Å². The monoisotopic (exact) mass is 342 g/mol. The molecule has 1 aliphatic heterocycles. The predicted molar refractivity (Wildman–Crippen MR) is 96.4 cm³/mol. The fourth-order valence-electron chi connectivity index (χ4n) is 3.50. The van der Waals surface area contributed by atoms with Gasteiger partial charge in [-0.15, -0.1) is 0 Å². The summed E-state index contributed by atoms with van der Waals surface area (Å²) in [7, 11) is 0. The molecule has 0 atom stereocenters. The second kappa shape index (κ2) is 6.55. The number of aromatic nitrogens is 2. The van der Waals surface area contributed by atoms with Crippen molar-refractivity contribution in [2.24, 2.45) is 0 Å². The fraction of sp³-hybridized carbons (Fsp3) is 0.316. The molecule has 1 aromatic carbocycles. The van der Waals surface area contributed by atoms with Gasteiger partial charge in [-0.05, 0) is 30.7 Å². The Balaban J connectivity index is 1.81. The van der Waals surface area contributed by atoms with E-state index in [1.807, 2.05) is 12.1 Å². The highest BCUT2D eigenvalue weighted by atomic mass is 35.5. The van der Waals surface area contributed by atoms with Crippen molar-refractivity contribution in [3.05, 3.63) is 58.9 Å². The van der Waals surface area contributed by atoms with Crippen LogP contribution >= 0.6 is 11.6 Å². The number of nitrogens with two attached hydrogens (primary N) is 1. The molecule has 0 unspecified atom stereocenters. The average molecular weight is 343 g/mol. The van der Waals surface area contributed by atoms with Crippen molar-refractivity contribution in [2.75, 3.05) is 26.2 Å². The van der Waals surface area contributed by atoms with E-state index in [1.165, 1.54) is 37.4 Å². The van der Waals surface area contributed by atoms with E-state index in [4.69, 9.17) is 16.6 Å². The van der Waals surface area contributed by atoms with E-state index < -0.39 is 0 Å². The summed E-state index contributed by atoms with van der Waals surface area (Å²) in [4.78, 5) is 6.55. The maximum absolute atomic E-state index is 6.06. The standard InChI is InChI=1S/C19H21ClN4/c1-14-2-7-18-22-19(15-3-5-16(20)6-4-15)17(24(18)12-14)13-23-10-8-21-9-11-23/h2-7,12,21H,8-11,13H2,1H3/p+2. The Labute approximate surface area is 147 Å². The van der Waals surface area contributed by atoms with Crippen LogP contribution in [0.15, 0.2) is 42.6 Å². The van der Waals surface area contributed by atoms with Crippen LogP contribution in [0.1, 0.15) is 11.3 Å². The minimum absolute atomic E-state index is 0.761. The van der Waals surface area contributed by atoms with E-state index in [2.05, 4.69) is 47.1 Å². The third kappa shape index (κ3) is 3.05. The van der Waals surface area contributed by atoms with Gasteiger partial charge >= 0.3 is 0 Å². The molecule has 0 spiro atoms. The summed E-state index contributed by atoms with van der Waals surface area (Å²) < 4.78 is 2.27. The first-order chi connectivity index (χ1) is 11.7. The first-order valence-electron chi connectivity index (χ1n) is 8.59. The molecule has 0 saturated carbocycles. The van der Waals surface area contributed by atoms with Gasteiger partial charge in [0.05, 0.1) is 5.69 Å². The maximum Gasteiger partial charge on any atom is 0.137 e. The molecule has 1 fully saturated rings. The van der Waals surface area contributed by atoms with Gasteiger partial charge in [0.1, 0.15) is 44.1 Å². The summed E-state index contributed by atoms with van der Waals surface area (Å²) >= 11 is 6.06. The van der Waals surface area contributed by atoms with E-state index in [-0.39, 0.29) is 0 Å². The number of aryl methyl sites for hydroxylation is 1. The number of halogens is 1. The van der Waals surface area contributed by atoms with Gasteiger partial charge < -0.3 is 10.2 Å². The van der Waals surface area contributed by atoms with Gasteiger partial charge in [0, 0.05) is 16.8 Å². The number of nitrogens with zero attached hydrogens (tertiary/aromatic N) is 2. The molecule has 0 aliphatic carbocycles. The molecule has 0 radical (unpaired) electrons. The van der Waals surface area contributed by atoms with Gasteiger partial charge in [0.2, 0.25) is 0 Å². The lowest BCUT2D eigenvalue weighted by Gasteiger charge is -2.22. The van der Waals surface area contributed by atoms with Crippen LogP contribution in [-0.2, 0) is 6.54 Å². The molecule has 0 amide bonds. The zero-order chi connectivity index (χ0) is 16.5.